The van der Waals surface area contributed by atoms with Crippen LogP contribution in [0.1, 0.15) is 44.0 Å². The summed E-state index contributed by atoms with van der Waals surface area (Å²) in [4.78, 5) is 34.7. The highest BCUT2D eigenvalue weighted by Gasteiger charge is 2.15. The number of benzene rings is 1. The first-order chi connectivity index (χ1) is 12.5. The van der Waals surface area contributed by atoms with Gasteiger partial charge in [-0.1, -0.05) is 13.3 Å². The van der Waals surface area contributed by atoms with E-state index in [9.17, 15) is 14.4 Å². The van der Waals surface area contributed by atoms with E-state index in [1.54, 1.807) is 13.0 Å². The van der Waals surface area contributed by atoms with Crippen LogP contribution in [0.15, 0.2) is 18.2 Å². The topological polar surface area (TPSA) is 100 Å². The molecule has 0 aliphatic carbocycles. The Kier molecular flexibility index (Phi) is 9.59. The molecule has 0 bridgehead atoms. The van der Waals surface area contributed by atoms with Crippen molar-refractivity contribution in [3.05, 3.63) is 23.8 Å². The first-order valence-corrected chi connectivity index (χ1v) is 8.55. The summed E-state index contributed by atoms with van der Waals surface area (Å²) in [7, 11) is 0. The first kappa shape index (κ1) is 21.3. The zero-order valence-corrected chi connectivity index (χ0v) is 15.3. The van der Waals surface area contributed by atoms with Gasteiger partial charge in [-0.15, -0.1) is 0 Å². The van der Waals surface area contributed by atoms with Crippen molar-refractivity contribution in [3.63, 3.8) is 0 Å². The van der Waals surface area contributed by atoms with E-state index in [1.807, 2.05) is 12.2 Å². The van der Waals surface area contributed by atoms with E-state index in [1.165, 1.54) is 12.1 Å². The molecule has 0 radical (unpaired) electrons. The lowest BCUT2D eigenvalue weighted by atomic mass is 10.2. The molecule has 8 nitrogen and oxygen atoms in total. The van der Waals surface area contributed by atoms with Crippen LogP contribution in [0.3, 0.4) is 0 Å². The van der Waals surface area contributed by atoms with Gasteiger partial charge in [-0.3, -0.25) is 10.1 Å². The van der Waals surface area contributed by atoms with Crippen LogP contribution < -0.4 is 14.8 Å². The molecule has 0 fully saturated rings. The van der Waals surface area contributed by atoms with E-state index in [0.717, 1.165) is 12.8 Å². The van der Waals surface area contributed by atoms with Crippen molar-refractivity contribution in [1.82, 2.24) is 5.32 Å². The minimum atomic E-state index is -0.888. The molecule has 1 aromatic carbocycles. The zero-order valence-electron chi connectivity index (χ0n) is 15.3. The fourth-order valence-electron chi connectivity index (χ4n) is 1.88. The molecule has 8 heteroatoms. The predicted molar refractivity (Wildman–Crippen MR) is 93.5 cm³/mol. The second-order valence-corrected chi connectivity index (χ2v) is 5.14. The molecule has 0 aliphatic rings. The number of carbonyl (C=O) groups is 3. The lowest BCUT2D eigenvalue weighted by molar-refractivity contribution is -0.123. The van der Waals surface area contributed by atoms with Gasteiger partial charge in [0.1, 0.15) is 0 Å². The first-order valence-electron chi connectivity index (χ1n) is 8.55. The number of amides is 2. The second-order valence-electron chi connectivity index (χ2n) is 5.14. The average molecular weight is 367 g/mol. The predicted octanol–water partition coefficient (Wildman–Crippen LogP) is 2.69. The van der Waals surface area contributed by atoms with Crippen LogP contribution >= 0.6 is 0 Å². The normalized spacial score (nSPS) is 9.96. The summed E-state index contributed by atoms with van der Waals surface area (Å²) in [5, 5.41) is 1.94. The van der Waals surface area contributed by atoms with Gasteiger partial charge in [0.05, 0.1) is 25.4 Å². The molecule has 0 aliphatic heterocycles. The van der Waals surface area contributed by atoms with Gasteiger partial charge in [0.2, 0.25) is 0 Å². The van der Waals surface area contributed by atoms with E-state index in [-0.39, 0.29) is 12.2 Å². The molecule has 0 saturated carbocycles. The number of ether oxygens (including phenoxy) is 4. The van der Waals surface area contributed by atoms with E-state index < -0.39 is 24.6 Å². The molecule has 0 saturated heterocycles. The number of unbranched alkanes of at least 4 members (excludes halogenated alkanes) is 1. The van der Waals surface area contributed by atoms with Gasteiger partial charge in [-0.2, -0.15) is 0 Å². The fraction of sp³-hybridized carbons (Fsp3) is 0.500. The fourth-order valence-corrected chi connectivity index (χ4v) is 1.88. The van der Waals surface area contributed by atoms with Crippen LogP contribution in [0.25, 0.3) is 0 Å². The van der Waals surface area contributed by atoms with Crippen molar-refractivity contribution in [1.29, 1.82) is 0 Å². The monoisotopic (exact) mass is 367 g/mol. The maximum Gasteiger partial charge on any atom is 0.413 e. The Hall–Kier alpha value is -2.77. The highest BCUT2D eigenvalue weighted by atomic mass is 16.6. The van der Waals surface area contributed by atoms with E-state index >= 15 is 0 Å². The third kappa shape index (κ3) is 7.42. The number of nitrogens with one attached hydrogen (secondary N) is 1. The Morgan fingerprint density at radius 3 is 2.38 bits per heavy atom. The maximum absolute atomic E-state index is 12.1. The Balaban J connectivity index is 2.66. The van der Waals surface area contributed by atoms with Gasteiger partial charge in [-0.25, -0.2) is 9.59 Å². The van der Waals surface area contributed by atoms with Crippen molar-refractivity contribution >= 4 is 18.0 Å². The summed E-state index contributed by atoms with van der Waals surface area (Å²) in [5.74, 6) is -0.530. The summed E-state index contributed by atoms with van der Waals surface area (Å²) in [6.45, 7) is 5.97. The number of hydrogen-bond acceptors (Lipinski definition) is 7. The molecular formula is C18H25NO7. The number of hydrogen-bond donors (Lipinski definition) is 1. The molecule has 0 spiro atoms. The molecule has 26 heavy (non-hydrogen) atoms. The summed E-state index contributed by atoms with van der Waals surface area (Å²) in [6, 6.07) is 4.64. The molecule has 1 N–H and O–H groups in total. The average Bonchev–Trinajstić information content (AvgIpc) is 2.61. The van der Waals surface area contributed by atoms with Gasteiger partial charge < -0.3 is 18.9 Å². The van der Waals surface area contributed by atoms with Gasteiger partial charge in [-0.05, 0) is 38.5 Å². The molecule has 0 unspecified atom stereocenters. The third-order valence-electron chi connectivity index (χ3n) is 3.09. The molecule has 1 aromatic rings. The number of alkyl carbamates (subject to hydrolysis) is 1. The summed E-state index contributed by atoms with van der Waals surface area (Å²) < 4.78 is 20.6. The van der Waals surface area contributed by atoms with Crippen LogP contribution in [-0.2, 0) is 14.3 Å². The maximum atomic E-state index is 12.1. The molecule has 144 valence electrons. The largest absolute Gasteiger partial charge is 0.490 e. The zero-order chi connectivity index (χ0) is 19.4. The Morgan fingerprint density at radius 2 is 1.73 bits per heavy atom. The highest BCUT2D eigenvalue weighted by molar-refractivity contribution is 5.95. The summed E-state index contributed by atoms with van der Waals surface area (Å²) in [6.07, 6.45) is 1.02. The smallest absolute Gasteiger partial charge is 0.413 e. The van der Waals surface area contributed by atoms with Gasteiger partial charge >= 0.3 is 12.1 Å². The second kappa shape index (κ2) is 11.7. The number of rotatable bonds is 10. The van der Waals surface area contributed by atoms with Gasteiger partial charge in [0, 0.05) is 0 Å². The summed E-state index contributed by atoms with van der Waals surface area (Å²) in [5.41, 5.74) is 0.209. The Bertz CT molecular complexity index is 616. The molecule has 0 heterocycles. The lowest BCUT2D eigenvalue weighted by Crippen LogP contribution is -2.34. The molecule has 0 atom stereocenters. The van der Waals surface area contributed by atoms with Crippen LogP contribution in [-0.4, -0.2) is 44.4 Å². The molecule has 1 rings (SSSR count). The third-order valence-corrected chi connectivity index (χ3v) is 3.09. The number of carbonyl (C=O) groups excluding carboxylic acids is 3. The van der Waals surface area contributed by atoms with Gasteiger partial charge in [0.15, 0.2) is 18.1 Å². The minimum Gasteiger partial charge on any atom is -0.490 e. The van der Waals surface area contributed by atoms with E-state index in [0.29, 0.717) is 24.7 Å². The quantitative estimate of drug-likeness (QED) is 0.501. The van der Waals surface area contributed by atoms with E-state index in [2.05, 4.69) is 11.7 Å². The van der Waals surface area contributed by atoms with Crippen molar-refractivity contribution < 1.29 is 33.3 Å². The minimum absolute atomic E-state index is 0.131. The summed E-state index contributed by atoms with van der Waals surface area (Å²) >= 11 is 0. The van der Waals surface area contributed by atoms with Crippen LogP contribution in [0.4, 0.5) is 4.79 Å². The molecular weight excluding hydrogens is 342 g/mol. The van der Waals surface area contributed by atoms with Gasteiger partial charge in [0.25, 0.3) is 5.91 Å². The van der Waals surface area contributed by atoms with Crippen molar-refractivity contribution in [3.8, 4) is 11.5 Å². The van der Waals surface area contributed by atoms with Crippen LogP contribution in [0.5, 0.6) is 11.5 Å². The Morgan fingerprint density at radius 1 is 0.962 bits per heavy atom. The highest BCUT2D eigenvalue weighted by Crippen LogP contribution is 2.29. The van der Waals surface area contributed by atoms with Crippen molar-refractivity contribution in [2.45, 2.75) is 33.6 Å². The van der Waals surface area contributed by atoms with Crippen molar-refractivity contribution in [2.24, 2.45) is 0 Å². The van der Waals surface area contributed by atoms with E-state index in [4.69, 9.17) is 14.2 Å². The van der Waals surface area contributed by atoms with Crippen LogP contribution in [0.2, 0.25) is 0 Å². The SMILES string of the molecule is CCCCOc1ccc(C(=O)OCC(=O)NC(=O)OCC)cc1OCC. The lowest BCUT2D eigenvalue weighted by Gasteiger charge is -2.13. The Labute approximate surface area is 152 Å². The number of imide groups is 1. The van der Waals surface area contributed by atoms with Crippen molar-refractivity contribution in [2.75, 3.05) is 26.4 Å². The standard InChI is InChI=1S/C18H25NO7/c1-4-7-10-25-14-9-8-13(11-15(14)23-5-2)17(21)26-12-16(20)19-18(22)24-6-3/h8-9,11H,4-7,10,12H2,1-3H3,(H,19,20,22). The number of esters is 1. The molecule has 2 amide bonds. The molecule has 0 aromatic heterocycles. The van der Waals surface area contributed by atoms with Crippen LogP contribution in [0, 0.1) is 0 Å².